The van der Waals surface area contributed by atoms with Gasteiger partial charge in [0.25, 0.3) is 0 Å². The molecule has 0 amide bonds. The van der Waals surface area contributed by atoms with Crippen molar-refractivity contribution in [3.05, 3.63) is 131 Å². The molecule has 0 aliphatic carbocycles. The van der Waals surface area contributed by atoms with Crippen LogP contribution in [0.4, 0.5) is 0 Å². The Labute approximate surface area is 249 Å². The number of hydrogen-bond donors (Lipinski definition) is 3. The van der Waals surface area contributed by atoms with Crippen molar-refractivity contribution in [1.82, 2.24) is 4.72 Å². The Hall–Kier alpha value is -3.51. The fourth-order valence-electron chi connectivity index (χ4n) is 4.63. The molecule has 0 saturated carbocycles. The van der Waals surface area contributed by atoms with Crippen LogP contribution in [0.3, 0.4) is 0 Å². The van der Waals surface area contributed by atoms with Gasteiger partial charge in [-0.15, -0.1) is 11.8 Å². The van der Waals surface area contributed by atoms with Crippen LogP contribution in [0.5, 0.6) is 0 Å². The zero-order valence-corrected chi connectivity index (χ0v) is 24.3. The quantitative estimate of drug-likeness (QED) is 0.186. The van der Waals surface area contributed by atoms with Crippen LogP contribution in [0, 0.1) is 0 Å². The van der Waals surface area contributed by atoms with Crippen molar-refractivity contribution < 1.29 is 32.9 Å². The van der Waals surface area contributed by atoms with Gasteiger partial charge in [0.2, 0.25) is 10.0 Å². The highest BCUT2D eigenvalue weighted by Crippen LogP contribution is 2.39. The number of hydrogen-bond acceptors (Lipinski definition) is 7. The van der Waals surface area contributed by atoms with Gasteiger partial charge in [0.05, 0.1) is 29.3 Å². The third-order valence-electron chi connectivity index (χ3n) is 6.93. The lowest BCUT2D eigenvalue weighted by molar-refractivity contribution is -0.245. The number of aliphatic hydroxyl groups is 1. The smallest absolute Gasteiger partial charge is 0.336 e. The van der Waals surface area contributed by atoms with Gasteiger partial charge in [-0.25, -0.2) is 17.9 Å². The van der Waals surface area contributed by atoms with E-state index in [-0.39, 0.29) is 35.8 Å². The van der Waals surface area contributed by atoms with Crippen molar-refractivity contribution >= 4 is 27.8 Å². The Morgan fingerprint density at radius 1 is 0.833 bits per heavy atom. The maximum Gasteiger partial charge on any atom is 0.336 e. The molecule has 4 aromatic carbocycles. The molecule has 8 nitrogen and oxygen atoms in total. The van der Waals surface area contributed by atoms with Gasteiger partial charge >= 0.3 is 5.97 Å². The van der Waals surface area contributed by atoms with Gasteiger partial charge < -0.3 is 19.7 Å². The van der Waals surface area contributed by atoms with Gasteiger partial charge in [-0.2, -0.15) is 0 Å². The second-order valence-electron chi connectivity index (χ2n) is 9.84. The van der Waals surface area contributed by atoms with Gasteiger partial charge in [-0.1, -0.05) is 78.9 Å². The van der Waals surface area contributed by atoms with Gasteiger partial charge in [0, 0.05) is 29.2 Å². The lowest BCUT2D eigenvalue weighted by atomic mass is 10.0. The van der Waals surface area contributed by atoms with E-state index in [1.54, 1.807) is 48.5 Å². The van der Waals surface area contributed by atoms with Crippen molar-refractivity contribution in [3.63, 3.8) is 0 Å². The number of rotatable bonds is 11. The summed E-state index contributed by atoms with van der Waals surface area (Å²) in [6, 6.07) is 30.1. The van der Waals surface area contributed by atoms with E-state index in [4.69, 9.17) is 9.47 Å². The van der Waals surface area contributed by atoms with Crippen LogP contribution in [0.2, 0.25) is 0 Å². The van der Waals surface area contributed by atoms with E-state index in [0.29, 0.717) is 17.1 Å². The lowest BCUT2D eigenvalue weighted by Crippen LogP contribution is -2.31. The average Bonchev–Trinajstić information content (AvgIpc) is 3.03. The van der Waals surface area contributed by atoms with Crippen LogP contribution < -0.4 is 4.72 Å². The first kappa shape index (κ1) is 30.0. The summed E-state index contributed by atoms with van der Waals surface area (Å²) in [7, 11) is -3.63. The second-order valence-corrected chi connectivity index (χ2v) is 12.7. The number of benzene rings is 4. The minimum Gasteiger partial charge on any atom is -0.478 e. The number of aromatic carboxylic acids is 1. The number of carboxylic acids is 1. The molecule has 0 radical (unpaired) electrons. The molecule has 0 spiro atoms. The fraction of sp³-hybridized carbons (Fsp3) is 0.219. The van der Waals surface area contributed by atoms with Crippen molar-refractivity contribution in [2.75, 3.05) is 5.75 Å². The van der Waals surface area contributed by atoms with Crippen molar-refractivity contribution in [1.29, 1.82) is 0 Å². The summed E-state index contributed by atoms with van der Waals surface area (Å²) < 4.78 is 40.6. The molecular weight excluding hydrogens is 574 g/mol. The van der Waals surface area contributed by atoms with Crippen LogP contribution in [-0.4, -0.2) is 36.5 Å². The first-order valence-electron chi connectivity index (χ1n) is 13.4. The van der Waals surface area contributed by atoms with E-state index in [9.17, 15) is 23.4 Å². The van der Waals surface area contributed by atoms with Crippen LogP contribution in [0.15, 0.2) is 113 Å². The number of nitrogens with one attached hydrogen (secondary N) is 1. The molecule has 1 aliphatic heterocycles. The monoisotopic (exact) mass is 605 g/mol. The van der Waals surface area contributed by atoms with Crippen LogP contribution in [-0.2, 0) is 32.6 Å². The maximum absolute atomic E-state index is 12.6. The van der Waals surface area contributed by atoms with Crippen LogP contribution in [0.25, 0.3) is 0 Å². The largest absolute Gasteiger partial charge is 0.478 e. The van der Waals surface area contributed by atoms with Crippen molar-refractivity contribution in [3.8, 4) is 0 Å². The number of carboxylic acid groups (broad SMARTS) is 1. The third-order valence-corrected chi connectivity index (χ3v) is 9.55. The molecule has 218 valence electrons. The minimum atomic E-state index is -3.63. The first-order chi connectivity index (χ1) is 20.3. The molecule has 3 N–H and O–H groups in total. The summed E-state index contributed by atoms with van der Waals surface area (Å²) in [6.07, 6.45) is -0.641. The van der Waals surface area contributed by atoms with E-state index < -0.39 is 22.3 Å². The first-order valence-corrected chi connectivity index (χ1v) is 15.9. The summed E-state index contributed by atoms with van der Waals surface area (Å²) >= 11 is 1.43. The number of sulfonamides is 1. The topological polar surface area (TPSA) is 122 Å². The summed E-state index contributed by atoms with van der Waals surface area (Å²) in [4.78, 5) is 12.6. The van der Waals surface area contributed by atoms with Gasteiger partial charge in [0.15, 0.2) is 6.29 Å². The molecule has 1 aliphatic rings. The number of thioether (sulfide) groups is 1. The molecule has 3 atom stereocenters. The Morgan fingerprint density at radius 3 is 2.17 bits per heavy atom. The van der Waals surface area contributed by atoms with E-state index >= 15 is 0 Å². The SMILES string of the molecule is O=C(O)c1ccccc1SCC1CC(c2ccc(CO)cc2)OC(c2ccc(CNS(=O)(=O)c3ccccc3)cc2)O1. The van der Waals surface area contributed by atoms with Crippen molar-refractivity contribution in [2.24, 2.45) is 0 Å². The molecule has 3 unspecified atom stereocenters. The molecular formula is C32H31NO7S2. The van der Waals surface area contributed by atoms with E-state index in [2.05, 4.69) is 4.72 Å². The highest BCUT2D eigenvalue weighted by atomic mass is 32.2. The predicted octanol–water partition coefficient (Wildman–Crippen LogP) is 5.69. The fourth-order valence-corrected chi connectivity index (χ4v) is 6.73. The minimum absolute atomic E-state index is 0.0480. The molecule has 10 heteroatoms. The molecule has 4 aromatic rings. The summed E-state index contributed by atoms with van der Waals surface area (Å²) in [5.41, 5.74) is 3.57. The lowest BCUT2D eigenvalue weighted by Gasteiger charge is -2.36. The van der Waals surface area contributed by atoms with E-state index in [1.165, 1.54) is 11.8 Å². The highest BCUT2D eigenvalue weighted by molar-refractivity contribution is 7.99. The van der Waals surface area contributed by atoms with Crippen LogP contribution >= 0.6 is 11.8 Å². The second kappa shape index (κ2) is 13.6. The molecule has 1 saturated heterocycles. The van der Waals surface area contributed by atoms with Gasteiger partial charge in [-0.3, -0.25) is 0 Å². The van der Waals surface area contributed by atoms with Crippen LogP contribution in [0.1, 0.15) is 51.4 Å². The molecule has 1 fully saturated rings. The third kappa shape index (κ3) is 7.46. The number of carbonyl (C=O) groups is 1. The molecule has 0 bridgehead atoms. The molecule has 0 aromatic heterocycles. The van der Waals surface area contributed by atoms with E-state index in [0.717, 1.165) is 22.3 Å². The Kier molecular flexibility index (Phi) is 9.73. The predicted molar refractivity (Wildman–Crippen MR) is 159 cm³/mol. The Morgan fingerprint density at radius 2 is 1.48 bits per heavy atom. The highest BCUT2D eigenvalue weighted by Gasteiger charge is 2.32. The zero-order chi connectivity index (χ0) is 29.5. The average molecular weight is 606 g/mol. The summed E-state index contributed by atoms with van der Waals surface area (Å²) in [5.74, 6) is -0.453. The standard InChI is InChI=1S/C32H31NO7S2/c34-20-23-12-14-24(15-13-23)29-18-26(21-41-30-9-5-4-8-28(30)31(35)36)39-32(40-29)25-16-10-22(11-17-25)19-33-42(37,38)27-6-2-1-3-7-27/h1-17,26,29,32-34H,18-21H2,(H,35,36). The molecule has 5 rings (SSSR count). The Bertz CT molecular complexity index is 1590. The summed E-state index contributed by atoms with van der Waals surface area (Å²) in [6.45, 7) is 0.0830. The Balaban J connectivity index is 1.31. The molecule has 42 heavy (non-hydrogen) atoms. The molecule has 1 heterocycles. The zero-order valence-electron chi connectivity index (χ0n) is 22.6. The maximum atomic E-state index is 12.6. The van der Waals surface area contributed by atoms with Gasteiger partial charge in [0.1, 0.15) is 0 Å². The van der Waals surface area contributed by atoms with E-state index in [1.807, 2.05) is 54.6 Å². The van der Waals surface area contributed by atoms with Gasteiger partial charge in [-0.05, 0) is 41.0 Å². The summed E-state index contributed by atoms with van der Waals surface area (Å²) in [5, 5.41) is 19.0. The van der Waals surface area contributed by atoms with Crippen molar-refractivity contribution in [2.45, 2.75) is 47.9 Å². The number of aliphatic hydroxyl groups excluding tert-OH is 1. The number of ether oxygens (including phenoxy) is 2. The normalized spacial score (nSPS) is 18.9.